The zero-order valence-corrected chi connectivity index (χ0v) is 14.5. The van der Waals surface area contributed by atoms with Crippen LogP contribution in [0, 0.1) is 0 Å². The fourth-order valence-electron chi connectivity index (χ4n) is 2.70. The normalized spacial score (nSPS) is 10.8. The van der Waals surface area contributed by atoms with Gasteiger partial charge in [-0.25, -0.2) is 4.98 Å². The first-order valence-corrected chi connectivity index (χ1v) is 8.36. The van der Waals surface area contributed by atoms with Crippen LogP contribution in [0.25, 0.3) is 16.9 Å². The van der Waals surface area contributed by atoms with Crippen LogP contribution in [0.3, 0.4) is 0 Å². The van der Waals surface area contributed by atoms with Gasteiger partial charge in [-0.05, 0) is 38.1 Å². The number of aromatic nitrogens is 2. The maximum Gasteiger partial charge on any atom is 0.260 e. The maximum atomic E-state index is 12.1. The third-order valence-electron chi connectivity index (χ3n) is 4.12. The SMILES string of the molecule is CCN(CC)C(=O)COc1cccn2cc(-c3ccc(N)cc3)nc12. The summed E-state index contributed by atoms with van der Waals surface area (Å²) in [6.07, 6.45) is 3.84. The fourth-order valence-corrected chi connectivity index (χ4v) is 2.70. The van der Waals surface area contributed by atoms with Gasteiger partial charge in [0, 0.05) is 36.7 Å². The highest BCUT2D eigenvalue weighted by Crippen LogP contribution is 2.25. The van der Waals surface area contributed by atoms with Crippen LogP contribution in [-0.2, 0) is 4.79 Å². The molecular formula is C19H22N4O2. The van der Waals surface area contributed by atoms with E-state index in [2.05, 4.69) is 4.98 Å². The number of nitrogen functional groups attached to an aromatic ring is 1. The number of amides is 1. The Kier molecular flexibility index (Phi) is 4.88. The van der Waals surface area contributed by atoms with Gasteiger partial charge in [0.05, 0.1) is 5.69 Å². The largest absolute Gasteiger partial charge is 0.480 e. The summed E-state index contributed by atoms with van der Waals surface area (Å²) < 4.78 is 7.63. The van der Waals surface area contributed by atoms with Crippen molar-refractivity contribution in [2.75, 3.05) is 25.4 Å². The molecule has 0 saturated carbocycles. The first-order chi connectivity index (χ1) is 12.1. The molecule has 3 aromatic rings. The van der Waals surface area contributed by atoms with Gasteiger partial charge in [-0.15, -0.1) is 0 Å². The minimum absolute atomic E-state index is 0.00537. The molecule has 3 rings (SSSR count). The number of fused-ring (bicyclic) bond motifs is 1. The lowest BCUT2D eigenvalue weighted by atomic mass is 10.1. The van der Waals surface area contributed by atoms with E-state index < -0.39 is 0 Å². The summed E-state index contributed by atoms with van der Waals surface area (Å²) in [5, 5.41) is 0. The van der Waals surface area contributed by atoms with Gasteiger partial charge in [-0.3, -0.25) is 4.79 Å². The summed E-state index contributed by atoms with van der Waals surface area (Å²) in [6.45, 7) is 5.26. The highest BCUT2D eigenvalue weighted by molar-refractivity contribution is 5.78. The molecule has 0 aliphatic rings. The van der Waals surface area contributed by atoms with Gasteiger partial charge in [0.25, 0.3) is 5.91 Å². The Morgan fingerprint density at radius 1 is 1.20 bits per heavy atom. The first kappa shape index (κ1) is 16.8. The number of ether oxygens (including phenoxy) is 1. The molecule has 0 fully saturated rings. The molecule has 6 nitrogen and oxygen atoms in total. The van der Waals surface area contributed by atoms with E-state index in [0.29, 0.717) is 30.2 Å². The second kappa shape index (κ2) is 7.25. The Morgan fingerprint density at radius 3 is 2.60 bits per heavy atom. The molecule has 1 aromatic carbocycles. The van der Waals surface area contributed by atoms with Crippen LogP contribution in [0.4, 0.5) is 5.69 Å². The Hall–Kier alpha value is -3.02. The summed E-state index contributed by atoms with van der Waals surface area (Å²) in [5.74, 6) is 0.557. The molecule has 0 spiro atoms. The third kappa shape index (κ3) is 3.57. The van der Waals surface area contributed by atoms with E-state index in [9.17, 15) is 4.79 Å². The lowest BCUT2D eigenvalue weighted by Gasteiger charge is -2.18. The third-order valence-corrected chi connectivity index (χ3v) is 4.12. The molecule has 6 heteroatoms. The molecule has 2 N–H and O–H groups in total. The van der Waals surface area contributed by atoms with Crippen LogP contribution >= 0.6 is 0 Å². The highest BCUT2D eigenvalue weighted by atomic mass is 16.5. The average Bonchev–Trinajstić information content (AvgIpc) is 3.06. The van der Waals surface area contributed by atoms with Crippen LogP contribution < -0.4 is 10.5 Å². The van der Waals surface area contributed by atoms with Crippen molar-refractivity contribution in [2.24, 2.45) is 0 Å². The molecule has 0 bridgehead atoms. The molecule has 0 radical (unpaired) electrons. The molecule has 2 aromatic heterocycles. The molecule has 0 saturated heterocycles. The number of nitrogens with zero attached hydrogens (tertiary/aromatic N) is 3. The van der Waals surface area contributed by atoms with Crippen LogP contribution in [0.1, 0.15) is 13.8 Å². The van der Waals surface area contributed by atoms with Crippen molar-refractivity contribution in [2.45, 2.75) is 13.8 Å². The number of benzene rings is 1. The molecule has 0 unspecified atom stereocenters. The summed E-state index contributed by atoms with van der Waals surface area (Å²) in [5.41, 5.74) is 8.93. The van der Waals surface area contributed by atoms with E-state index in [-0.39, 0.29) is 12.5 Å². The minimum atomic E-state index is -0.0303. The Labute approximate surface area is 146 Å². The highest BCUT2D eigenvalue weighted by Gasteiger charge is 2.13. The number of imidazole rings is 1. The number of hydrogen-bond donors (Lipinski definition) is 1. The minimum Gasteiger partial charge on any atom is -0.480 e. The second-order valence-corrected chi connectivity index (χ2v) is 5.71. The van der Waals surface area contributed by atoms with Gasteiger partial charge in [-0.2, -0.15) is 0 Å². The molecule has 0 aliphatic heterocycles. The topological polar surface area (TPSA) is 72.9 Å². The average molecular weight is 338 g/mol. The number of likely N-dealkylation sites (N-methyl/N-ethyl adjacent to an activating group) is 1. The number of nitrogens with two attached hydrogens (primary N) is 1. The summed E-state index contributed by atoms with van der Waals surface area (Å²) in [4.78, 5) is 18.5. The second-order valence-electron chi connectivity index (χ2n) is 5.71. The van der Waals surface area contributed by atoms with Crippen molar-refractivity contribution >= 4 is 17.2 Å². The number of hydrogen-bond acceptors (Lipinski definition) is 4. The predicted octanol–water partition coefficient (Wildman–Crippen LogP) is 2.83. The Morgan fingerprint density at radius 2 is 1.92 bits per heavy atom. The van der Waals surface area contributed by atoms with Gasteiger partial charge < -0.3 is 19.8 Å². The van der Waals surface area contributed by atoms with Crippen LogP contribution in [0.2, 0.25) is 0 Å². The lowest BCUT2D eigenvalue weighted by molar-refractivity contribution is -0.132. The van der Waals surface area contributed by atoms with E-state index in [0.717, 1.165) is 11.3 Å². The standard InChI is InChI=1S/C19H22N4O2/c1-3-22(4-2)18(24)13-25-17-6-5-11-23-12-16(21-19(17)23)14-7-9-15(20)10-8-14/h5-12H,3-4,13,20H2,1-2H3. The summed E-state index contributed by atoms with van der Waals surface area (Å²) >= 11 is 0. The Balaban J connectivity index is 1.84. The van der Waals surface area contributed by atoms with E-state index in [1.165, 1.54) is 0 Å². The molecule has 2 heterocycles. The zero-order valence-electron chi connectivity index (χ0n) is 14.5. The van der Waals surface area contributed by atoms with E-state index in [1.54, 1.807) is 4.90 Å². The van der Waals surface area contributed by atoms with Gasteiger partial charge in [0.1, 0.15) is 0 Å². The maximum absolute atomic E-state index is 12.1. The fraction of sp³-hybridized carbons (Fsp3) is 0.263. The van der Waals surface area contributed by atoms with Gasteiger partial charge in [-0.1, -0.05) is 12.1 Å². The van der Waals surface area contributed by atoms with Crippen LogP contribution in [-0.4, -0.2) is 39.9 Å². The number of carbonyl (C=O) groups excluding carboxylic acids is 1. The monoisotopic (exact) mass is 338 g/mol. The molecule has 0 atom stereocenters. The molecule has 0 aliphatic carbocycles. The molecule has 25 heavy (non-hydrogen) atoms. The number of pyridine rings is 1. The number of carbonyl (C=O) groups is 1. The number of anilines is 1. The van der Waals surface area contributed by atoms with Crippen molar-refractivity contribution in [3.8, 4) is 17.0 Å². The lowest BCUT2D eigenvalue weighted by Crippen LogP contribution is -2.34. The summed E-state index contributed by atoms with van der Waals surface area (Å²) in [7, 11) is 0. The van der Waals surface area contributed by atoms with E-state index in [4.69, 9.17) is 10.5 Å². The first-order valence-electron chi connectivity index (χ1n) is 8.36. The van der Waals surface area contributed by atoms with Crippen molar-refractivity contribution in [3.05, 3.63) is 48.8 Å². The molecule has 130 valence electrons. The van der Waals surface area contributed by atoms with Crippen molar-refractivity contribution in [1.82, 2.24) is 14.3 Å². The molecular weight excluding hydrogens is 316 g/mol. The quantitative estimate of drug-likeness (QED) is 0.702. The van der Waals surface area contributed by atoms with E-state index >= 15 is 0 Å². The van der Waals surface area contributed by atoms with Crippen molar-refractivity contribution in [3.63, 3.8) is 0 Å². The smallest absolute Gasteiger partial charge is 0.260 e. The predicted molar refractivity (Wildman–Crippen MR) is 98.5 cm³/mol. The zero-order chi connectivity index (χ0) is 17.8. The van der Waals surface area contributed by atoms with Gasteiger partial charge in [0.15, 0.2) is 18.0 Å². The number of rotatable bonds is 6. The van der Waals surface area contributed by atoms with Gasteiger partial charge in [0.2, 0.25) is 0 Å². The summed E-state index contributed by atoms with van der Waals surface area (Å²) in [6, 6.07) is 11.3. The van der Waals surface area contributed by atoms with Gasteiger partial charge >= 0.3 is 0 Å². The van der Waals surface area contributed by atoms with Crippen LogP contribution in [0.15, 0.2) is 48.8 Å². The Bertz CT molecular complexity index is 867. The van der Waals surface area contributed by atoms with Crippen molar-refractivity contribution < 1.29 is 9.53 Å². The van der Waals surface area contributed by atoms with Crippen molar-refractivity contribution in [1.29, 1.82) is 0 Å². The molecule has 1 amide bonds. The van der Waals surface area contributed by atoms with E-state index in [1.807, 2.05) is 67.0 Å². The van der Waals surface area contributed by atoms with Crippen LogP contribution in [0.5, 0.6) is 5.75 Å².